The summed E-state index contributed by atoms with van der Waals surface area (Å²) < 4.78 is 4.66. The van der Waals surface area contributed by atoms with Gasteiger partial charge in [0.1, 0.15) is 0 Å². The zero-order valence-electron chi connectivity index (χ0n) is 22.8. The van der Waals surface area contributed by atoms with Crippen LogP contribution in [0.1, 0.15) is 25.1 Å². The zero-order valence-corrected chi connectivity index (χ0v) is 23.7. The van der Waals surface area contributed by atoms with Gasteiger partial charge in [-0.25, -0.2) is 0 Å². The van der Waals surface area contributed by atoms with Crippen LogP contribution in [0, 0.1) is 0 Å². The molecule has 1 aliphatic rings. The first-order valence-corrected chi connectivity index (χ1v) is 14.2. The molecule has 8 rings (SSSR count). The highest BCUT2D eigenvalue weighted by Crippen LogP contribution is 2.37. The highest BCUT2D eigenvalue weighted by Gasteiger charge is 2.20. The van der Waals surface area contributed by atoms with Crippen molar-refractivity contribution >= 4 is 51.4 Å². The quantitative estimate of drug-likeness (QED) is 0.218. The molecule has 1 N–H and O–H groups in total. The van der Waals surface area contributed by atoms with Gasteiger partial charge in [-0.3, -0.25) is 15.0 Å². The molecule has 200 valence electrons. The van der Waals surface area contributed by atoms with Crippen molar-refractivity contribution in [3.8, 4) is 22.5 Å². The molecule has 0 spiro atoms. The van der Waals surface area contributed by atoms with E-state index in [1.54, 1.807) is 0 Å². The number of fused-ring (bicyclic) bond motifs is 6. The van der Waals surface area contributed by atoms with Crippen LogP contribution in [0.25, 0.3) is 61.3 Å². The van der Waals surface area contributed by atoms with Crippen molar-refractivity contribution in [2.45, 2.75) is 25.3 Å². The van der Waals surface area contributed by atoms with Gasteiger partial charge >= 0.3 is 0 Å². The summed E-state index contributed by atoms with van der Waals surface area (Å²) >= 11 is 4.52. The Hall–Kier alpha value is -4.88. The lowest BCUT2D eigenvalue weighted by Crippen LogP contribution is -2.11. The molecule has 0 bridgehead atoms. The number of hydrogen-bond donors (Lipinski definition) is 2. The third-order valence-electron chi connectivity index (χ3n) is 7.54. The molecule has 2 aromatic carbocycles. The summed E-state index contributed by atoms with van der Waals surface area (Å²) in [6.45, 7) is 4.77. The molecule has 0 saturated heterocycles. The van der Waals surface area contributed by atoms with Crippen LogP contribution in [-0.2, 0) is 6.54 Å². The van der Waals surface area contributed by atoms with Crippen LogP contribution >= 0.6 is 12.6 Å². The van der Waals surface area contributed by atoms with Gasteiger partial charge in [-0.05, 0) is 71.9 Å². The lowest BCUT2D eigenvalue weighted by atomic mass is 10.0. The molecule has 0 aliphatic carbocycles. The average molecular weight is 553 g/mol. The normalized spacial score (nSPS) is 12.3. The molecule has 0 atom stereocenters. The average Bonchev–Trinajstić information content (AvgIpc) is 3.55. The molecule has 7 heteroatoms. The summed E-state index contributed by atoms with van der Waals surface area (Å²) in [4.78, 5) is 14.2. The van der Waals surface area contributed by atoms with E-state index in [9.17, 15) is 0 Å². The van der Waals surface area contributed by atoms with E-state index >= 15 is 0 Å². The van der Waals surface area contributed by atoms with Crippen molar-refractivity contribution in [3.05, 3.63) is 115 Å². The molecule has 6 nitrogen and oxygen atoms in total. The van der Waals surface area contributed by atoms with Gasteiger partial charge in [-0.2, -0.15) is 0 Å². The van der Waals surface area contributed by atoms with E-state index in [0.29, 0.717) is 0 Å². The minimum absolute atomic E-state index is 0.768. The number of aromatic nitrogens is 5. The second-order valence-electron chi connectivity index (χ2n) is 9.71. The fourth-order valence-corrected chi connectivity index (χ4v) is 5.97. The third kappa shape index (κ3) is 4.08. The predicted molar refractivity (Wildman–Crippen MR) is 171 cm³/mol. The van der Waals surface area contributed by atoms with E-state index in [0.717, 1.165) is 66.7 Å². The monoisotopic (exact) mass is 552 g/mol. The fourth-order valence-electron chi connectivity index (χ4n) is 5.82. The molecule has 7 aromatic rings. The first-order chi connectivity index (χ1) is 20.3. The third-order valence-corrected chi connectivity index (χ3v) is 7.84. The lowest BCUT2D eigenvalue weighted by molar-refractivity contribution is 0.855. The summed E-state index contributed by atoms with van der Waals surface area (Å²) in [5.74, 6) is 0. The Labute approximate surface area is 243 Å². The van der Waals surface area contributed by atoms with Gasteiger partial charge in [0, 0.05) is 81.7 Å². The molecular weight excluding hydrogens is 524 g/mol. The molecule has 0 fully saturated rings. The molecule has 0 saturated carbocycles. The Kier molecular flexibility index (Phi) is 6.29. The van der Waals surface area contributed by atoms with Gasteiger partial charge in [0.2, 0.25) is 0 Å². The van der Waals surface area contributed by atoms with Crippen molar-refractivity contribution in [1.29, 1.82) is 0 Å². The standard InChI is InChI=1S/C32H22N6S.C2H6/c39-24-3-1-20(2-4-24)21-13-22(37-29-5-9-33-16-25(29)26-17-34-10-6-30(26)37)15-23(14-21)38-31-7-11-35-18-27(31)28-19-36-12-8-32(28)38;1-2/h1-18,36,39H,19H2;1-2H3. The van der Waals surface area contributed by atoms with Crippen molar-refractivity contribution in [3.63, 3.8) is 0 Å². The minimum atomic E-state index is 0.768. The van der Waals surface area contributed by atoms with Crippen molar-refractivity contribution in [2.75, 3.05) is 0 Å². The summed E-state index contributed by atoms with van der Waals surface area (Å²) in [7, 11) is 0. The summed E-state index contributed by atoms with van der Waals surface area (Å²) in [6.07, 6.45) is 15.6. The highest BCUT2D eigenvalue weighted by atomic mass is 32.1. The number of benzene rings is 2. The lowest BCUT2D eigenvalue weighted by Gasteiger charge is -2.17. The van der Waals surface area contributed by atoms with Crippen molar-refractivity contribution in [2.24, 2.45) is 0 Å². The summed E-state index contributed by atoms with van der Waals surface area (Å²) in [5, 5.41) is 6.69. The Morgan fingerprint density at radius 3 is 1.85 bits per heavy atom. The number of rotatable bonds is 3. The highest BCUT2D eigenvalue weighted by molar-refractivity contribution is 7.80. The second-order valence-corrected chi connectivity index (χ2v) is 10.2. The van der Waals surface area contributed by atoms with Crippen LogP contribution in [-0.4, -0.2) is 24.1 Å². The smallest absolute Gasteiger partial charge is 0.0572 e. The maximum Gasteiger partial charge on any atom is 0.0572 e. The van der Waals surface area contributed by atoms with E-state index in [2.05, 4.69) is 96.6 Å². The zero-order chi connectivity index (χ0) is 27.9. The van der Waals surface area contributed by atoms with Crippen LogP contribution < -0.4 is 5.32 Å². The van der Waals surface area contributed by atoms with Gasteiger partial charge in [0.15, 0.2) is 0 Å². The van der Waals surface area contributed by atoms with Crippen LogP contribution in [0.2, 0.25) is 0 Å². The first kappa shape index (κ1) is 25.1. The topological polar surface area (TPSA) is 60.6 Å². The number of hydrogen-bond acceptors (Lipinski definition) is 5. The van der Waals surface area contributed by atoms with E-state index in [4.69, 9.17) is 0 Å². The molecule has 6 heterocycles. The van der Waals surface area contributed by atoms with E-state index < -0.39 is 0 Å². The summed E-state index contributed by atoms with van der Waals surface area (Å²) in [6, 6.07) is 21.4. The Morgan fingerprint density at radius 2 is 1.22 bits per heavy atom. The number of nitrogens with one attached hydrogen (secondary N) is 1. The molecule has 0 radical (unpaired) electrons. The Morgan fingerprint density at radius 1 is 0.659 bits per heavy atom. The molecule has 0 amide bonds. The van der Waals surface area contributed by atoms with Gasteiger partial charge in [0.05, 0.1) is 22.2 Å². The van der Waals surface area contributed by atoms with Crippen LogP contribution in [0.15, 0.2) is 109 Å². The predicted octanol–water partition coefficient (Wildman–Crippen LogP) is 7.97. The van der Waals surface area contributed by atoms with Gasteiger partial charge < -0.3 is 14.5 Å². The first-order valence-electron chi connectivity index (χ1n) is 13.8. The summed E-state index contributed by atoms with van der Waals surface area (Å²) in [5.41, 5.74) is 10.1. The number of thiol groups is 1. The number of nitrogens with zero attached hydrogens (tertiary/aromatic N) is 5. The van der Waals surface area contributed by atoms with Crippen LogP contribution in [0.3, 0.4) is 0 Å². The number of pyridine rings is 3. The maximum absolute atomic E-state index is 4.52. The van der Waals surface area contributed by atoms with E-state index in [1.165, 1.54) is 11.3 Å². The van der Waals surface area contributed by atoms with Crippen LogP contribution in [0.4, 0.5) is 0 Å². The van der Waals surface area contributed by atoms with Gasteiger partial charge in [-0.15, -0.1) is 12.6 Å². The Balaban J connectivity index is 0.00000135. The molecule has 0 unspecified atom stereocenters. The molecular formula is C34H28N6S. The van der Waals surface area contributed by atoms with Crippen LogP contribution in [0.5, 0.6) is 0 Å². The second kappa shape index (κ2) is 10.3. The van der Waals surface area contributed by atoms with Gasteiger partial charge in [-0.1, -0.05) is 26.0 Å². The fraction of sp³-hybridized carbons (Fsp3) is 0.0882. The van der Waals surface area contributed by atoms with Crippen molar-refractivity contribution in [1.82, 2.24) is 29.4 Å². The largest absolute Gasteiger partial charge is 0.387 e. The Bertz CT molecular complexity index is 2030. The molecule has 5 aromatic heterocycles. The minimum Gasteiger partial charge on any atom is -0.387 e. The van der Waals surface area contributed by atoms with Crippen molar-refractivity contribution < 1.29 is 0 Å². The SMILES string of the molecule is CC.Sc1ccc(-c2cc(-n3c4c(c5cnccc53)CNC=C4)cc(-n3c4ccncc4c4cnccc43)c2)cc1. The molecule has 1 aliphatic heterocycles. The maximum atomic E-state index is 4.52. The molecule has 41 heavy (non-hydrogen) atoms. The van der Waals surface area contributed by atoms with Gasteiger partial charge in [0.25, 0.3) is 0 Å². The van der Waals surface area contributed by atoms with E-state index in [-0.39, 0.29) is 0 Å². The van der Waals surface area contributed by atoms with E-state index in [1.807, 2.05) is 69.4 Å².